The smallest absolute Gasteiger partial charge is 0.00168 e. The molecule has 19 heavy (non-hydrogen) atoms. The zero-order valence-electron chi connectivity index (χ0n) is 13.3. The monoisotopic (exact) mass is 285 g/mol. The van der Waals surface area contributed by atoms with Crippen LogP contribution >= 0.6 is 12.6 Å². The Bertz CT molecular complexity index is 156. The molecule has 1 unspecified atom stereocenters. The van der Waals surface area contributed by atoms with E-state index < -0.39 is 0 Å². The van der Waals surface area contributed by atoms with Gasteiger partial charge in [-0.25, -0.2) is 0 Å². The number of hydrogen-bond donors (Lipinski definition) is 1. The van der Waals surface area contributed by atoms with E-state index in [-0.39, 0.29) is 0 Å². The van der Waals surface area contributed by atoms with Gasteiger partial charge in [-0.2, -0.15) is 12.6 Å². The van der Waals surface area contributed by atoms with E-state index in [1.807, 2.05) is 0 Å². The number of unbranched alkanes of at least 4 members (excludes halogenated alkanes) is 11. The Balaban J connectivity index is 2.99. The molecule has 0 N–H and O–H groups in total. The maximum absolute atomic E-state index is 4.58. The average molecular weight is 286 g/mol. The first-order valence-electron chi connectivity index (χ1n) is 8.78. The minimum absolute atomic E-state index is 0.598. The highest BCUT2D eigenvalue weighted by atomic mass is 32.1. The van der Waals surface area contributed by atoms with Gasteiger partial charge >= 0.3 is 0 Å². The molecule has 0 rings (SSSR count). The van der Waals surface area contributed by atoms with Crippen LogP contribution in [0.1, 0.15) is 103 Å². The van der Waals surface area contributed by atoms with Crippen LogP contribution < -0.4 is 0 Å². The van der Waals surface area contributed by atoms with Crippen LogP contribution in [0, 0.1) is 6.92 Å². The number of hydrogen-bond acceptors (Lipinski definition) is 1. The molecule has 0 aromatic rings. The lowest BCUT2D eigenvalue weighted by Gasteiger charge is -2.08. The predicted molar refractivity (Wildman–Crippen MR) is 93.1 cm³/mol. The van der Waals surface area contributed by atoms with Gasteiger partial charge in [0.1, 0.15) is 0 Å². The van der Waals surface area contributed by atoms with E-state index in [9.17, 15) is 0 Å². The zero-order valence-corrected chi connectivity index (χ0v) is 14.2. The van der Waals surface area contributed by atoms with Crippen molar-refractivity contribution in [3.8, 4) is 0 Å². The average Bonchev–Trinajstić information content (AvgIpc) is 2.40. The first-order valence-corrected chi connectivity index (χ1v) is 9.30. The molecule has 0 aromatic carbocycles. The van der Waals surface area contributed by atoms with Crippen LogP contribution in [0.25, 0.3) is 0 Å². The van der Waals surface area contributed by atoms with E-state index in [2.05, 4.69) is 26.5 Å². The second-order valence-corrected chi connectivity index (χ2v) is 6.70. The van der Waals surface area contributed by atoms with Crippen LogP contribution in [0.2, 0.25) is 0 Å². The maximum Gasteiger partial charge on any atom is 0.00168 e. The van der Waals surface area contributed by atoms with E-state index in [1.165, 1.54) is 89.9 Å². The van der Waals surface area contributed by atoms with Gasteiger partial charge < -0.3 is 0 Å². The molecule has 0 saturated carbocycles. The molecule has 0 aliphatic heterocycles. The standard InChI is InChI=1S/C18H37S/c1-3-5-6-7-8-9-10-11-12-13-14-15-17-18(19)16-4-2/h18-19H,2-17H2,1H3. The Kier molecular flexibility index (Phi) is 16.7. The largest absolute Gasteiger partial charge is 0.176 e. The molecule has 0 heterocycles. The lowest BCUT2D eigenvalue weighted by Crippen LogP contribution is -1.97. The van der Waals surface area contributed by atoms with Crippen LogP contribution in [0.15, 0.2) is 0 Å². The molecule has 0 fully saturated rings. The fraction of sp³-hybridized carbons (Fsp3) is 0.944. The van der Waals surface area contributed by atoms with Gasteiger partial charge in [0.15, 0.2) is 0 Å². The lowest BCUT2D eigenvalue weighted by molar-refractivity contribution is 0.535. The first kappa shape index (κ1) is 19.4. The van der Waals surface area contributed by atoms with Crippen molar-refractivity contribution in [1.29, 1.82) is 0 Å². The highest BCUT2D eigenvalue weighted by Crippen LogP contribution is 2.16. The molecule has 115 valence electrons. The van der Waals surface area contributed by atoms with Crippen LogP contribution in [-0.2, 0) is 0 Å². The van der Waals surface area contributed by atoms with E-state index in [1.54, 1.807) is 0 Å². The topological polar surface area (TPSA) is 0 Å². The Morgan fingerprint density at radius 1 is 0.684 bits per heavy atom. The second-order valence-electron chi connectivity index (χ2n) is 5.97. The van der Waals surface area contributed by atoms with Gasteiger partial charge in [0.25, 0.3) is 0 Å². The van der Waals surface area contributed by atoms with Gasteiger partial charge in [0.05, 0.1) is 0 Å². The summed E-state index contributed by atoms with van der Waals surface area (Å²) in [5, 5.41) is 0.598. The quantitative estimate of drug-likeness (QED) is 0.243. The van der Waals surface area contributed by atoms with E-state index in [0.717, 1.165) is 6.42 Å². The summed E-state index contributed by atoms with van der Waals surface area (Å²) in [6.07, 6.45) is 20.7. The molecule has 0 saturated heterocycles. The number of thiol groups is 1. The Morgan fingerprint density at radius 3 is 1.53 bits per heavy atom. The van der Waals surface area contributed by atoms with Gasteiger partial charge in [-0.1, -0.05) is 97.3 Å². The van der Waals surface area contributed by atoms with Gasteiger partial charge in [-0.3, -0.25) is 0 Å². The third-order valence-corrected chi connectivity index (χ3v) is 4.44. The van der Waals surface area contributed by atoms with Gasteiger partial charge in [0.2, 0.25) is 0 Å². The Morgan fingerprint density at radius 2 is 1.11 bits per heavy atom. The third-order valence-electron chi connectivity index (χ3n) is 3.93. The molecule has 1 atom stereocenters. The summed E-state index contributed by atoms with van der Waals surface area (Å²) >= 11 is 4.58. The first-order chi connectivity index (χ1) is 9.31. The Hall–Kier alpha value is 0.350. The molecule has 0 nitrogen and oxygen atoms in total. The summed E-state index contributed by atoms with van der Waals surface area (Å²) in [4.78, 5) is 0. The summed E-state index contributed by atoms with van der Waals surface area (Å²) in [6.45, 7) is 6.17. The minimum Gasteiger partial charge on any atom is -0.176 e. The third kappa shape index (κ3) is 16.3. The fourth-order valence-corrected chi connectivity index (χ4v) is 2.97. The highest BCUT2D eigenvalue weighted by molar-refractivity contribution is 7.80. The van der Waals surface area contributed by atoms with Crippen molar-refractivity contribution in [2.75, 3.05) is 0 Å². The summed E-state index contributed by atoms with van der Waals surface area (Å²) in [5.41, 5.74) is 0. The zero-order chi connectivity index (χ0) is 14.2. The van der Waals surface area contributed by atoms with E-state index >= 15 is 0 Å². The van der Waals surface area contributed by atoms with E-state index in [4.69, 9.17) is 0 Å². The molecule has 0 bridgehead atoms. The molecule has 0 aromatic heterocycles. The van der Waals surface area contributed by atoms with Crippen molar-refractivity contribution in [1.82, 2.24) is 0 Å². The lowest BCUT2D eigenvalue weighted by atomic mass is 10.0. The molecule has 0 aliphatic rings. The van der Waals surface area contributed by atoms with Gasteiger partial charge in [-0.05, 0) is 12.8 Å². The summed E-state index contributed by atoms with van der Waals surface area (Å²) in [6, 6.07) is 0. The molecule has 0 amide bonds. The highest BCUT2D eigenvalue weighted by Gasteiger charge is 2.00. The molecule has 1 radical (unpaired) electrons. The van der Waals surface area contributed by atoms with Crippen LogP contribution in [0.3, 0.4) is 0 Å². The summed E-state index contributed by atoms with van der Waals surface area (Å²) in [7, 11) is 0. The number of rotatable bonds is 15. The molecule has 1 heteroatoms. The van der Waals surface area contributed by atoms with Crippen molar-refractivity contribution < 1.29 is 0 Å². The SMILES string of the molecule is [CH2]CCC(S)CCCCCCCCCCCCCC. The van der Waals surface area contributed by atoms with Crippen molar-refractivity contribution in [2.45, 2.75) is 108 Å². The van der Waals surface area contributed by atoms with E-state index in [0.29, 0.717) is 5.25 Å². The normalized spacial score (nSPS) is 12.8. The fourth-order valence-electron chi connectivity index (χ4n) is 2.60. The van der Waals surface area contributed by atoms with Crippen molar-refractivity contribution >= 4 is 12.6 Å². The second kappa shape index (κ2) is 16.4. The molecule has 0 aliphatic carbocycles. The molecular weight excluding hydrogens is 248 g/mol. The molecule has 0 spiro atoms. The minimum atomic E-state index is 0.598. The van der Waals surface area contributed by atoms with Crippen molar-refractivity contribution in [3.05, 3.63) is 6.92 Å². The van der Waals surface area contributed by atoms with Crippen molar-refractivity contribution in [2.24, 2.45) is 0 Å². The van der Waals surface area contributed by atoms with Crippen LogP contribution in [0.4, 0.5) is 0 Å². The van der Waals surface area contributed by atoms with Gasteiger partial charge in [-0.15, -0.1) is 0 Å². The Labute approximate surface area is 128 Å². The predicted octanol–water partition coefficient (Wildman–Crippen LogP) is 6.99. The maximum atomic E-state index is 4.58. The van der Waals surface area contributed by atoms with Crippen molar-refractivity contribution in [3.63, 3.8) is 0 Å². The summed E-state index contributed by atoms with van der Waals surface area (Å²) in [5.74, 6) is 0. The summed E-state index contributed by atoms with van der Waals surface area (Å²) < 4.78 is 0. The van der Waals surface area contributed by atoms with Crippen LogP contribution in [-0.4, -0.2) is 5.25 Å². The van der Waals surface area contributed by atoms with Gasteiger partial charge in [0, 0.05) is 5.25 Å². The van der Waals surface area contributed by atoms with Crippen LogP contribution in [0.5, 0.6) is 0 Å². The molecular formula is C18H37S.